The van der Waals surface area contributed by atoms with Crippen LogP contribution >= 0.6 is 0 Å². The molecule has 1 saturated carbocycles. The van der Waals surface area contributed by atoms with Crippen molar-refractivity contribution in [3.63, 3.8) is 0 Å². The van der Waals surface area contributed by atoms with E-state index >= 15 is 0 Å². The molecular weight excluding hydrogens is 402 g/mol. The molecule has 0 aromatic heterocycles. The molecule has 1 saturated heterocycles. The fourth-order valence-electron chi connectivity index (χ4n) is 5.34. The fraction of sp³-hybridized carbons (Fsp3) is 0.593. The molecule has 1 heterocycles. The first-order valence-electron chi connectivity index (χ1n) is 12.1. The summed E-state index contributed by atoms with van der Waals surface area (Å²) in [6.07, 6.45) is 5.47. The quantitative estimate of drug-likeness (QED) is 0.540. The second-order valence-corrected chi connectivity index (χ2v) is 10.7. The molecule has 1 aliphatic heterocycles. The second kappa shape index (κ2) is 9.70. The molecule has 0 bridgehead atoms. The molecule has 2 aliphatic rings. The van der Waals surface area contributed by atoms with Gasteiger partial charge in [-0.2, -0.15) is 0 Å². The van der Waals surface area contributed by atoms with Crippen molar-refractivity contribution in [3.8, 4) is 5.75 Å². The fourth-order valence-corrected chi connectivity index (χ4v) is 5.34. The van der Waals surface area contributed by atoms with Crippen LogP contribution in [0.1, 0.15) is 64.9 Å². The Balaban J connectivity index is 1.35. The van der Waals surface area contributed by atoms with E-state index in [1.807, 2.05) is 0 Å². The monoisotopic (exact) mass is 439 g/mol. The molecular formula is C27H37NO4. The van der Waals surface area contributed by atoms with Gasteiger partial charge in [-0.05, 0) is 90.9 Å². The number of carbonyl (C=O) groups is 1. The van der Waals surface area contributed by atoms with Crippen molar-refractivity contribution in [2.24, 2.45) is 11.3 Å². The van der Waals surface area contributed by atoms with Gasteiger partial charge in [0.15, 0.2) is 0 Å². The van der Waals surface area contributed by atoms with Crippen LogP contribution in [0.3, 0.4) is 0 Å². The van der Waals surface area contributed by atoms with Crippen LogP contribution in [-0.4, -0.2) is 41.5 Å². The number of piperidine rings is 1. The minimum absolute atomic E-state index is 0.222. The number of nitrogens with zero attached hydrogens (tertiary/aromatic N) is 1. The lowest BCUT2D eigenvalue weighted by molar-refractivity contribution is 0.0117. The summed E-state index contributed by atoms with van der Waals surface area (Å²) < 4.78 is 11.3. The van der Waals surface area contributed by atoms with Gasteiger partial charge in [0.25, 0.3) is 0 Å². The Labute approximate surface area is 191 Å². The van der Waals surface area contributed by atoms with Crippen LogP contribution in [0.4, 0.5) is 4.79 Å². The van der Waals surface area contributed by atoms with Crippen molar-refractivity contribution >= 4 is 16.9 Å². The van der Waals surface area contributed by atoms with Gasteiger partial charge in [-0.25, -0.2) is 4.79 Å². The molecule has 2 aromatic carbocycles. The summed E-state index contributed by atoms with van der Waals surface area (Å²) >= 11 is 0. The van der Waals surface area contributed by atoms with Crippen molar-refractivity contribution in [2.45, 2.75) is 78.0 Å². The lowest BCUT2D eigenvalue weighted by Crippen LogP contribution is -2.39. The Bertz CT molecular complexity index is 927. The average Bonchev–Trinajstić information content (AvgIpc) is 2.73. The first-order chi connectivity index (χ1) is 15.3. The van der Waals surface area contributed by atoms with E-state index < -0.39 is 6.16 Å². The summed E-state index contributed by atoms with van der Waals surface area (Å²) in [4.78, 5) is 13.1. The van der Waals surface area contributed by atoms with Crippen LogP contribution in [0, 0.1) is 11.3 Å². The summed E-state index contributed by atoms with van der Waals surface area (Å²) in [5, 5.41) is 11.3. The normalized spacial score (nSPS) is 24.9. The number of fused-ring (bicyclic) bond motifs is 1. The van der Waals surface area contributed by atoms with Gasteiger partial charge in [0, 0.05) is 13.1 Å². The Morgan fingerprint density at radius 3 is 2.44 bits per heavy atom. The maximum atomic E-state index is 10.8. The molecule has 0 spiro atoms. The van der Waals surface area contributed by atoms with Gasteiger partial charge in [-0.15, -0.1) is 0 Å². The van der Waals surface area contributed by atoms with Gasteiger partial charge in [0.1, 0.15) is 11.9 Å². The summed E-state index contributed by atoms with van der Waals surface area (Å²) in [7, 11) is 0. The summed E-state index contributed by atoms with van der Waals surface area (Å²) in [6, 6.07) is 13.0. The van der Waals surface area contributed by atoms with E-state index in [0.717, 1.165) is 50.4 Å². The second-order valence-electron chi connectivity index (χ2n) is 10.7. The molecule has 0 unspecified atom stereocenters. The van der Waals surface area contributed by atoms with Gasteiger partial charge >= 0.3 is 6.16 Å². The van der Waals surface area contributed by atoms with E-state index in [9.17, 15) is 4.79 Å². The van der Waals surface area contributed by atoms with Gasteiger partial charge in [-0.3, -0.25) is 4.90 Å². The SMILES string of the molecule is CC(C)(C)[C@H]1CC[C@H](Oc2ccc3cc(CN4CCC[C@H](OC(=O)O)C4)ccc3c2)CC1. The molecule has 2 fully saturated rings. The zero-order chi connectivity index (χ0) is 22.7. The smallest absolute Gasteiger partial charge is 0.490 e. The van der Waals surface area contributed by atoms with Crippen LogP contribution in [0.15, 0.2) is 36.4 Å². The van der Waals surface area contributed by atoms with Crippen molar-refractivity contribution in [1.82, 2.24) is 4.90 Å². The number of hydrogen-bond donors (Lipinski definition) is 1. The van der Waals surface area contributed by atoms with Crippen molar-refractivity contribution in [1.29, 1.82) is 0 Å². The van der Waals surface area contributed by atoms with E-state index in [1.54, 1.807) is 0 Å². The summed E-state index contributed by atoms with van der Waals surface area (Å²) in [5.74, 6) is 1.76. The summed E-state index contributed by atoms with van der Waals surface area (Å²) in [5.41, 5.74) is 1.63. The zero-order valence-corrected chi connectivity index (χ0v) is 19.7. The van der Waals surface area contributed by atoms with Crippen molar-refractivity contribution in [2.75, 3.05) is 13.1 Å². The number of ether oxygens (including phenoxy) is 2. The van der Waals surface area contributed by atoms with Crippen molar-refractivity contribution in [3.05, 3.63) is 42.0 Å². The Kier molecular flexibility index (Phi) is 6.94. The predicted molar refractivity (Wildman–Crippen MR) is 127 cm³/mol. The van der Waals surface area contributed by atoms with Crippen molar-refractivity contribution < 1.29 is 19.4 Å². The highest BCUT2D eigenvalue weighted by Gasteiger charge is 2.30. The van der Waals surface area contributed by atoms with Gasteiger partial charge in [0.2, 0.25) is 0 Å². The van der Waals surface area contributed by atoms with E-state index in [1.165, 1.54) is 29.2 Å². The third kappa shape index (κ3) is 5.94. The number of carboxylic acid groups (broad SMARTS) is 1. The van der Waals surface area contributed by atoms with E-state index in [0.29, 0.717) is 18.1 Å². The highest BCUT2D eigenvalue weighted by Crippen LogP contribution is 2.39. The molecule has 174 valence electrons. The van der Waals surface area contributed by atoms with Gasteiger partial charge in [0.05, 0.1) is 6.10 Å². The van der Waals surface area contributed by atoms with E-state index in [2.05, 4.69) is 62.1 Å². The molecule has 5 heteroatoms. The highest BCUT2D eigenvalue weighted by molar-refractivity contribution is 5.84. The first kappa shape index (κ1) is 22.9. The molecule has 0 radical (unpaired) electrons. The van der Waals surface area contributed by atoms with Crippen LogP contribution < -0.4 is 4.74 Å². The lowest BCUT2D eigenvalue weighted by atomic mass is 9.72. The van der Waals surface area contributed by atoms with Crippen LogP contribution in [0.25, 0.3) is 10.8 Å². The largest absolute Gasteiger partial charge is 0.506 e. The van der Waals surface area contributed by atoms with Crippen LogP contribution in [0.2, 0.25) is 0 Å². The molecule has 1 aliphatic carbocycles. The first-order valence-corrected chi connectivity index (χ1v) is 12.1. The third-order valence-electron chi connectivity index (χ3n) is 7.21. The maximum absolute atomic E-state index is 10.8. The molecule has 5 nitrogen and oxygen atoms in total. The Morgan fingerprint density at radius 2 is 1.72 bits per heavy atom. The van der Waals surface area contributed by atoms with E-state index in [-0.39, 0.29) is 6.10 Å². The van der Waals surface area contributed by atoms with Gasteiger partial charge in [-0.1, -0.05) is 39.0 Å². The molecule has 1 atom stereocenters. The Morgan fingerprint density at radius 1 is 1.00 bits per heavy atom. The highest BCUT2D eigenvalue weighted by atomic mass is 16.7. The molecule has 1 N–H and O–H groups in total. The Hall–Kier alpha value is -2.27. The molecule has 0 amide bonds. The topological polar surface area (TPSA) is 59.0 Å². The third-order valence-corrected chi connectivity index (χ3v) is 7.21. The van der Waals surface area contributed by atoms with E-state index in [4.69, 9.17) is 14.6 Å². The van der Waals surface area contributed by atoms with Crippen LogP contribution in [0.5, 0.6) is 5.75 Å². The number of likely N-dealkylation sites (tertiary alicyclic amines) is 1. The zero-order valence-electron chi connectivity index (χ0n) is 19.7. The predicted octanol–water partition coefficient (Wildman–Crippen LogP) is 6.48. The van der Waals surface area contributed by atoms with Gasteiger partial charge < -0.3 is 14.6 Å². The minimum atomic E-state index is -1.18. The van der Waals surface area contributed by atoms with Crippen LogP contribution in [-0.2, 0) is 11.3 Å². The maximum Gasteiger partial charge on any atom is 0.506 e. The molecule has 32 heavy (non-hydrogen) atoms. The average molecular weight is 440 g/mol. The molecule has 2 aromatic rings. The lowest BCUT2D eigenvalue weighted by Gasteiger charge is -2.37. The number of benzene rings is 2. The minimum Gasteiger partial charge on any atom is -0.490 e. The number of hydrogen-bond acceptors (Lipinski definition) is 4. The summed E-state index contributed by atoms with van der Waals surface area (Å²) in [6.45, 7) is 9.50. The standard InChI is InChI=1S/C27H37NO4/c1-27(2,3)22-9-12-23(13-10-22)31-24-11-8-20-15-19(6-7-21(20)16-24)17-28-14-4-5-25(18-28)32-26(29)30/h6-8,11,15-16,22-23,25H,4-5,9-10,12-14,17-18H2,1-3H3,(H,29,30)/t22-,23-,25-/m0/s1. The molecule has 4 rings (SSSR count). The number of rotatable bonds is 5.